The van der Waals surface area contributed by atoms with E-state index in [1.165, 1.54) is 30.4 Å². The first kappa shape index (κ1) is 13.8. The Morgan fingerprint density at radius 3 is 3.23 bits per heavy atom. The van der Waals surface area contributed by atoms with Gasteiger partial charge in [0, 0.05) is 37.7 Å². The topological polar surface area (TPSA) is 41.9 Å². The van der Waals surface area contributed by atoms with E-state index in [4.69, 9.17) is 0 Å². The summed E-state index contributed by atoms with van der Waals surface area (Å²) >= 11 is 0. The predicted molar refractivity (Wildman–Crippen MR) is 89.1 cm³/mol. The second-order valence-corrected chi connectivity index (χ2v) is 6.65. The van der Waals surface area contributed by atoms with E-state index in [9.17, 15) is 0 Å². The average Bonchev–Trinajstić information content (AvgIpc) is 2.92. The molecule has 1 aliphatic heterocycles. The SMILES string of the molecule is Cc1cc2n(n1)C[C@@H](CN[C@@H]1CCCc3ccccc31)CN2. The summed E-state index contributed by atoms with van der Waals surface area (Å²) in [5.74, 6) is 1.76. The third kappa shape index (κ3) is 2.63. The molecule has 0 unspecified atom stereocenters. The summed E-state index contributed by atoms with van der Waals surface area (Å²) in [6, 6.07) is 11.5. The molecule has 0 spiro atoms. The van der Waals surface area contributed by atoms with Crippen molar-refractivity contribution in [1.82, 2.24) is 15.1 Å². The number of anilines is 1. The number of benzene rings is 1. The van der Waals surface area contributed by atoms with Crippen LogP contribution in [0, 0.1) is 12.8 Å². The Morgan fingerprint density at radius 1 is 1.36 bits per heavy atom. The molecule has 22 heavy (non-hydrogen) atoms. The fourth-order valence-corrected chi connectivity index (χ4v) is 3.80. The van der Waals surface area contributed by atoms with Crippen LogP contribution in [-0.2, 0) is 13.0 Å². The predicted octanol–water partition coefficient (Wildman–Crippen LogP) is 2.90. The van der Waals surface area contributed by atoms with Crippen molar-refractivity contribution in [3.63, 3.8) is 0 Å². The van der Waals surface area contributed by atoms with Crippen molar-refractivity contribution >= 4 is 5.82 Å². The molecule has 2 atom stereocenters. The first-order valence-electron chi connectivity index (χ1n) is 8.39. The summed E-state index contributed by atoms with van der Waals surface area (Å²) in [7, 11) is 0. The number of aryl methyl sites for hydroxylation is 2. The lowest BCUT2D eigenvalue weighted by Gasteiger charge is -2.30. The number of fused-ring (bicyclic) bond motifs is 2. The van der Waals surface area contributed by atoms with Gasteiger partial charge in [-0.3, -0.25) is 0 Å². The van der Waals surface area contributed by atoms with Crippen molar-refractivity contribution in [1.29, 1.82) is 0 Å². The van der Waals surface area contributed by atoms with E-state index in [2.05, 4.69) is 57.7 Å². The molecule has 1 aromatic carbocycles. The van der Waals surface area contributed by atoms with Crippen molar-refractivity contribution in [3.05, 3.63) is 47.2 Å². The molecular weight excluding hydrogens is 272 g/mol. The van der Waals surface area contributed by atoms with Crippen LogP contribution in [0.1, 0.15) is 35.7 Å². The minimum Gasteiger partial charge on any atom is -0.370 e. The summed E-state index contributed by atoms with van der Waals surface area (Å²) in [5, 5.41) is 11.9. The van der Waals surface area contributed by atoms with Crippen LogP contribution in [0.3, 0.4) is 0 Å². The van der Waals surface area contributed by atoms with Crippen LogP contribution in [0.2, 0.25) is 0 Å². The highest BCUT2D eigenvalue weighted by molar-refractivity contribution is 5.38. The summed E-state index contributed by atoms with van der Waals surface area (Å²) < 4.78 is 2.11. The second kappa shape index (κ2) is 5.76. The molecule has 0 saturated carbocycles. The van der Waals surface area contributed by atoms with Gasteiger partial charge in [0.1, 0.15) is 5.82 Å². The van der Waals surface area contributed by atoms with E-state index in [1.807, 2.05) is 0 Å². The first-order chi connectivity index (χ1) is 10.8. The van der Waals surface area contributed by atoms with Crippen molar-refractivity contribution in [2.45, 2.75) is 38.8 Å². The first-order valence-corrected chi connectivity index (χ1v) is 8.39. The Bertz CT molecular complexity index is 661. The molecule has 2 aromatic rings. The second-order valence-electron chi connectivity index (χ2n) is 6.65. The van der Waals surface area contributed by atoms with Gasteiger partial charge in [-0.05, 0) is 37.3 Å². The summed E-state index contributed by atoms with van der Waals surface area (Å²) in [6.45, 7) is 5.15. The molecule has 1 aromatic heterocycles. The molecular formula is C18H24N4. The van der Waals surface area contributed by atoms with Crippen molar-refractivity contribution in [3.8, 4) is 0 Å². The fourth-order valence-electron chi connectivity index (χ4n) is 3.80. The molecule has 0 amide bonds. The van der Waals surface area contributed by atoms with Crippen LogP contribution >= 0.6 is 0 Å². The molecule has 4 rings (SSSR count). The van der Waals surface area contributed by atoms with E-state index in [0.29, 0.717) is 12.0 Å². The van der Waals surface area contributed by atoms with Crippen LogP contribution in [-0.4, -0.2) is 22.9 Å². The lowest BCUT2D eigenvalue weighted by Crippen LogP contribution is -2.37. The maximum absolute atomic E-state index is 4.56. The molecule has 2 heterocycles. The number of hydrogen-bond acceptors (Lipinski definition) is 3. The Balaban J connectivity index is 1.40. The molecule has 0 bridgehead atoms. The molecule has 4 nitrogen and oxygen atoms in total. The lowest BCUT2D eigenvalue weighted by atomic mass is 9.87. The van der Waals surface area contributed by atoms with E-state index >= 15 is 0 Å². The standard InChI is InChI=1S/C18H24N4/c1-13-9-18-20-11-14(12-22(18)21-13)10-19-17-8-4-6-15-5-2-3-7-16(15)17/h2-3,5,7,9,14,17,19-20H,4,6,8,10-12H2,1H3/t14-,17+/m0/s1. The van der Waals surface area contributed by atoms with Gasteiger partial charge in [0.25, 0.3) is 0 Å². The molecule has 0 radical (unpaired) electrons. The zero-order valence-electron chi connectivity index (χ0n) is 13.2. The van der Waals surface area contributed by atoms with Gasteiger partial charge < -0.3 is 10.6 Å². The van der Waals surface area contributed by atoms with Crippen LogP contribution in [0.25, 0.3) is 0 Å². The van der Waals surface area contributed by atoms with E-state index in [0.717, 1.165) is 31.1 Å². The fraction of sp³-hybridized carbons (Fsp3) is 0.500. The maximum Gasteiger partial charge on any atom is 0.124 e. The van der Waals surface area contributed by atoms with Gasteiger partial charge in [0.05, 0.1) is 5.69 Å². The van der Waals surface area contributed by atoms with Gasteiger partial charge in [-0.15, -0.1) is 0 Å². The number of aromatic nitrogens is 2. The van der Waals surface area contributed by atoms with Crippen molar-refractivity contribution < 1.29 is 0 Å². The molecule has 0 fully saturated rings. The largest absolute Gasteiger partial charge is 0.370 e. The maximum atomic E-state index is 4.56. The zero-order valence-corrected chi connectivity index (χ0v) is 13.2. The van der Waals surface area contributed by atoms with Crippen LogP contribution in [0.15, 0.2) is 30.3 Å². The normalized spacial score (nSPS) is 23.5. The highest BCUT2D eigenvalue weighted by atomic mass is 15.3. The number of nitrogens with one attached hydrogen (secondary N) is 2. The molecule has 4 heteroatoms. The number of hydrogen-bond donors (Lipinski definition) is 2. The Labute approximate surface area is 131 Å². The number of rotatable bonds is 3. The Kier molecular flexibility index (Phi) is 3.62. The van der Waals surface area contributed by atoms with E-state index < -0.39 is 0 Å². The summed E-state index contributed by atoms with van der Waals surface area (Å²) in [5.41, 5.74) is 4.13. The van der Waals surface area contributed by atoms with Crippen LogP contribution in [0.5, 0.6) is 0 Å². The highest BCUT2D eigenvalue weighted by Crippen LogP contribution is 2.29. The van der Waals surface area contributed by atoms with Gasteiger partial charge >= 0.3 is 0 Å². The molecule has 2 aliphatic rings. The Hall–Kier alpha value is -1.81. The third-order valence-corrected chi connectivity index (χ3v) is 4.93. The number of nitrogens with zero attached hydrogens (tertiary/aromatic N) is 2. The van der Waals surface area contributed by atoms with Gasteiger partial charge in [-0.25, -0.2) is 4.68 Å². The third-order valence-electron chi connectivity index (χ3n) is 4.93. The smallest absolute Gasteiger partial charge is 0.124 e. The van der Waals surface area contributed by atoms with Gasteiger partial charge in [0.15, 0.2) is 0 Å². The average molecular weight is 296 g/mol. The Morgan fingerprint density at radius 2 is 2.27 bits per heavy atom. The minimum absolute atomic E-state index is 0.519. The zero-order chi connectivity index (χ0) is 14.9. The van der Waals surface area contributed by atoms with Gasteiger partial charge in [0.2, 0.25) is 0 Å². The molecule has 116 valence electrons. The van der Waals surface area contributed by atoms with Crippen LogP contribution < -0.4 is 10.6 Å². The quantitative estimate of drug-likeness (QED) is 0.915. The monoisotopic (exact) mass is 296 g/mol. The minimum atomic E-state index is 0.519. The molecule has 2 N–H and O–H groups in total. The molecule has 0 saturated heterocycles. The van der Waals surface area contributed by atoms with Crippen LogP contribution in [0.4, 0.5) is 5.82 Å². The molecule has 1 aliphatic carbocycles. The van der Waals surface area contributed by atoms with Crippen molar-refractivity contribution in [2.75, 3.05) is 18.4 Å². The highest BCUT2D eigenvalue weighted by Gasteiger charge is 2.23. The summed E-state index contributed by atoms with van der Waals surface area (Å²) in [4.78, 5) is 0. The van der Waals surface area contributed by atoms with Crippen molar-refractivity contribution in [2.24, 2.45) is 5.92 Å². The summed E-state index contributed by atoms with van der Waals surface area (Å²) in [6.07, 6.45) is 3.78. The lowest BCUT2D eigenvalue weighted by molar-refractivity contribution is 0.355. The van der Waals surface area contributed by atoms with E-state index in [-0.39, 0.29) is 0 Å². The van der Waals surface area contributed by atoms with Gasteiger partial charge in [-0.2, -0.15) is 5.10 Å². The van der Waals surface area contributed by atoms with Gasteiger partial charge in [-0.1, -0.05) is 24.3 Å². The van der Waals surface area contributed by atoms with E-state index in [1.54, 1.807) is 0 Å².